The molecule has 0 saturated carbocycles. The van der Waals surface area contributed by atoms with Gasteiger partial charge in [-0.15, -0.1) is 0 Å². The second kappa shape index (κ2) is 11.8. The molecule has 1 nitrogen and oxygen atoms in total. The lowest BCUT2D eigenvalue weighted by atomic mass is 10.0. The number of nitrogens with zero attached hydrogens (tertiary/aromatic N) is 1. The van der Waals surface area contributed by atoms with Gasteiger partial charge in [0.05, 0.1) is 26.7 Å². The average molecular weight is 270 g/mol. The zero-order valence-electron chi connectivity index (χ0n) is 14.2. The van der Waals surface area contributed by atoms with Crippen LogP contribution in [0.5, 0.6) is 0 Å². The summed E-state index contributed by atoms with van der Waals surface area (Å²) in [5.74, 6) is 0. The Labute approximate surface area is 123 Å². The van der Waals surface area contributed by atoms with Gasteiger partial charge >= 0.3 is 0 Å². The van der Waals surface area contributed by atoms with Gasteiger partial charge in [-0.25, -0.2) is 0 Å². The fourth-order valence-corrected chi connectivity index (χ4v) is 3.01. The summed E-state index contributed by atoms with van der Waals surface area (Å²) >= 11 is 0. The first kappa shape index (κ1) is 19.0. The standard InChI is InChI=1S/C18H39N/c1-6-9-10-11-12-13-14-15-17-19(4,5)18(8-3)16-7-2/h18H,3,6-17H2,1-2,4-5H3/q+1. The molecule has 0 aliphatic rings. The van der Waals surface area contributed by atoms with Crippen LogP contribution in [0.3, 0.4) is 0 Å². The maximum Gasteiger partial charge on any atom is 0.0886 e. The number of rotatable bonds is 13. The lowest BCUT2D eigenvalue weighted by molar-refractivity contribution is -0.915. The first-order chi connectivity index (χ1) is 9.08. The summed E-state index contributed by atoms with van der Waals surface area (Å²) in [7, 11) is 4.79. The molecular weight excluding hydrogens is 230 g/mol. The minimum Gasteiger partial charge on any atom is -0.326 e. The van der Waals surface area contributed by atoms with Crippen LogP contribution >= 0.6 is 0 Å². The molecule has 1 heteroatoms. The molecule has 1 atom stereocenters. The zero-order chi connectivity index (χ0) is 14.6. The molecule has 0 aromatic carbocycles. The van der Waals surface area contributed by atoms with E-state index >= 15 is 0 Å². The summed E-state index contributed by atoms with van der Waals surface area (Å²) in [6.45, 7) is 10.0. The number of hydrogen-bond acceptors (Lipinski definition) is 0. The van der Waals surface area contributed by atoms with Gasteiger partial charge in [0, 0.05) is 0 Å². The third-order valence-corrected chi connectivity index (χ3v) is 4.53. The molecule has 0 aliphatic heterocycles. The van der Waals surface area contributed by atoms with Crippen LogP contribution in [-0.2, 0) is 0 Å². The van der Waals surface area contributed by atoms with E-state index in [0.717, 1.165) is 12.5 Å². The van der Waals surface area contributed by atoms with Crippen LogP contribution in [0.15, 0.2) is 0 Å². The molecule has 0 aromatic rings. The van der Waals surface area contributed by atoms with E-state index in [1.165, 1.54) is 75.2 Å². The maximum absolute atomic E-state index is 4.14. The van der Waals surface area contributed by atoms with Crippen LogP contribution in [0.25, 0.3) is 0 Å². The van der Waals surface area contributed by atoms with Crippen molar-refractivity contribution in [1.82, 2.24) is 0 Å². The molecule has 115 valence electrons. The van der Waals surface area contributed by atoms with E-state index in [4.69, 9.17) is 0 Å². The fraction of sp³-hybridized carbons (Fsp3) is 0.944. The highest BCUT2D eigenvalue weighted by Crippen LogP contribution is 2.18. The van der Waals surface area contributed by atoms with Crippen molar-refractivity contribution >= 4 is 0 Å². The molecule has 0 amide bonds. The van der Waals surface area contributed by atoms with Gasteiger partial charge < -0.3 is 4.48 Å². The predicted molar refractivity (Wildman–Crippen MR) is 88.3 cm³/mol. The van der Waals surface area contributed by atoms with Crippen molar-refractivity contribution in [2.75, 3.05) is 20.6 Å². The lowest BCUT2D eigenvalue weighted by Crippen LogP contribution is -2.49. The highest BCUT2D eigenvalue weighted by molar-refractivity contribution is 4.60. The third-order valence-electron chi connectivity index (χ3n) is 4.53. The van der Waals surface area contributed by atoms with E-state index in [1.54, 1.807) is 0 Å². The van der Waals surface area contributed by atoms with Crippen LogP contribution in [0.4, 0.5) is 0 Å². The summed E-state index contributed by atoms with van der Waals surface area (Å²) in [6.07, 6.45) is 15.1. The van der Waals surface area contributed by atoms with Crippen molar-refractivity contribution in [2.24, 2.45) is 0 Å². The Kier molecular flexibility index (Phi) is 11.7. The smallest absolute Gasteiger partial charge is 0.0886 e. The van der Waals surface area contributed by atoms with Crippen molar-refractivity contribution in [3.63, 3.8) is 0 Å². The van der Waals surface area contributed by atoms with Crippen LogP contribution in [0, 0.1) is 6.92 Å². The maximum atomic E-state index is 4.14. The second-order valence-corrected chi connectivity index (χ2v) is 6.71. The van der Waals surface area contributed by atoms with E-state index in [2.05, 4.69) is 34.9 Å². The number of unbranched alkanes of at least 4 members (excludes halogenated alkanes) is 7. The first-order valence-corrected chi connectivity index (χ1v) is 8.70. The molecule has 0 aliphatic carbocycles. The number of hydrogen-bond donors (Lipinski definition) is 0. The third kappa shape index (κ3) is 9.49. The summed E-state index contributed by atoms with van der Waals surface area (Å²) < 4.78 is 1.17. The predicted octanol–water partition coefficient (Wildman–Crippen LogP) is 5.60. The van der Waals surface area contributed by atoms with Gasteiger partial charge in [0.15, 0.2) is 0 Å². The Morgan fingerprint density at radius 1 is 0.789 bits per heavy atom. The van der Waals surface area contributed by atoms with Gasteiger partial charge in [-0.3, -0.25) is 0 Å². The van der Waals surface area contributed by atoms with Crippen LogP contribution in [0.2, 0.25) is 0 Å². The minimum absolute atomic E-state index is 0.759. The lowest BCUT2D eigenvalue weighted by Gasteiger charge is -2.38. The zero-order valence-corrected chi connectivity index (χ0v) is 14.2. The van der Waals surface area contributed by atoms with Gasteiger partial charge in [-0.2, -0.15) is 0 Å². The quantitative estimate of drug-likeness (QED) is 0.302. The summed E-state index contributed by atoms with van der Waals surface area (Å²) in [6, 6.07) is 0.759. The van der Waals surface area contributed by atoms with Crippen molar-refractivity contribution in [3.8, 4) is 0 Å². The van der Waals surface area contributed by atoms with Crippen LogP contribution in [0.1, 0.15) is 84.5 Å². The molecule has 0 aromatic heterocycles. The Bertz CT molecular complexity index is 186. The molecule has 19 heavy (non-hydrogen) atoms. The molecule has 0 spiro atoms. The number of quaternary nitrogens is 1. The second-order valence-electron chi connectivity index (χ2n) is 6.71. The van der Waals surface area contributed by atoms with Gasteiger partial charge in [0.2, 0.25) is 0 Å². The highest BCUT2D eigenvalue weighted by Gasteiger charge is 2.24. The summed E-state index contributed by atoms with van der Waals surface area (Å²) in [5, 5.41) is 0. The van der Waals surface area contributed by atoms with Gasteiger partial charge in [0.25, 0.3) is 0 Å². The van der Waals surface area contributed by atoms with E-state index in [9.17, 15) is 0 Å². The Morgan fingerprint density at radius 3 is 1.79 bits per heavy atom. The van der Waals surface area contributed by atoms with Crippen LogP contribution < -0.4 is 0 Å². The van der Waals surface area contributed by atoms with Gasteiger partial charge in [-0.05, 0) is 32.6 Å². The molecule has 0 fully saturated rings. The molecular formula is C18H39N+. The molecule has 1 radical (unpaired) electrons. The molecule has 0 heterocycles. The van der Waals surface area contributed by atoms with Crippen molar-refractivity contribution in [2.45, 2.75) is 90.5 Å². The first-order valence-electron chi connectivity index (χ1n) is 8.70. The molecule has 0 saturated heterocycles. The molecule has 0 N–H and O–H groups in total. The summed E-state index contributed by atoms with van der Waals surface area (Å²) in [5.41, 5.74) is 0. The minimum atomic E-state index is 0.759. The van der Waals surface area contributed by atoms with Crippen molar-refractivity contribution < 1.29 is 4.48 Å². The van der Waals surface area contributed by atoms with E-state index in [0.29, 0.717) is 0 Å². The SMILES string of the molecule is [CH2]CC(CCC)[N+](C)(C)CCCCCCCCCC. The summed E-state index contributed by atoms with van der Waals surface area (Å²) in [4.78, 5) is 0. The highest BCUT2D eigenvalue weighted by atomic mass is 15.3. The van der Waals surface area contributed by atoms with E-state index < -0.39 is 0 Å². The van der Waals surface area contributed by atoms with Gasteiger partial charge in [0.1, 0.15) is 0 Å². The molecule has 0 rings (SSSR count). The van der Waals surface area contributed by atoms with Gasteiger partial charge in [-0.1, -0.05) is 58.8 Å². The topological polar surface area (TPSA) is 0 Å². The monoisotopic (exact) mass is 269 g/mol. The normalized spacial score (nSPS) is 13.7. The van der Waals surface area contributed by atoms with E-state index in [-0.39, 0.29) is 0 Å². The Balaban J connectivity index is 3.62. The molecule has 1 unspecified atom stereocenters. The Hall–Kier alpha value is -0.0400. The fourth-order valence-electron chi connectivity index (χ4n) is 3.01. The van der Waals surface area contributed by atoms with E-state index in [1.807, 2.05) is 0 Å². The van der Waals surface area contributed by atoms with Crippen LogP contribution in [-0.4, -0.2) is 31.2 Å². The average Bonchev–Trinajstić information content (AvgIpc) is 2.38. The van der Waals surface area contributed by atoms with Crippen molar-refractivity contribution in [3.05, 3.63) is 6.92 Å². The largest absolute Gasteiger partial charge is 0.326 e. The Morgan fingerprint density at radius 2 is 1.32 bits per heavy atom. The van der Waals surface area contributed by atoms with Crippen molar-refractivity contribution in [1.29, 1.82) is 0 Å². The molecule has 0 bridgehead atoms.